The van der Waals surface area contributed by atoms with E-state index in [9.17, 15) is 5.11 Å². The molecule has 20 heavy (non-hydrogen) atoms. The standard InChI is InChI=1S/C15H20BrNO3/c16-12-6-10(7-14-15(12)20-5-4-19-14)8-17-13-3-1-2-11(13)9-18/h6-7,11,13,17-18H,1-5,8-9H2. The molecule has 0 amide bonds. The molecule has 1 fully saturated rings. The van der Waals surface area contributed by atoms with E-state index < -0.39 is 0 Å². The summed E-state index contributed by atoms with van der Waals surface area (Å²) in [4.78, 5) is 0. The second-order valence-corrected chi connectivity index (χ2v) is 6.32. The summed E-state index contributed by atoms with van der Waals surface area (Å²) in [6.45, 7) is 2.27. The first-order valence-corrected chi connectivity index (χ1v) is 7.99. The van der Waals surface area contributed by atoms with Crippen molar-refractivity contribution in [3.05, 3.63) is 22.2 Å². The van der Waals surface area contributed by atoms with Crippen LogP contribution >= 0.6 is 15.9 Å². The van der Waals surface area contributed by atoms with Crippen LogP contribution < -0.4 is 14.8 Å². The summed E-state index contributed by atoms with van der Waals surface area (Å²) >= 11 is 3.54. The molecule has 0 spiro atoms. The lowest BCUT2D eigenvalue weighted by atomic mass is 10.0. The molecule has 1 aliphatic heterocycles. The number of fused-ring (bicyclic) bond motifs is 1. The van der Waals surface area contributed by atoms with Crippen LogP contribution in [0.1, 0.15) is 24.8 Å². The number of hydrogen-bond acceptors (Lipinski definition) is 4. The highest BCUT2D eigenvalue weighted by molar-refractivity contribution is 9.10. The van der Waals surface area contributed by atoms with E-state index in [0.29, 0.717) is 25.2 Å². The Bertz CT molecular complexity index is 480. The summed E-state index contributed by atoms with van der Waals surface area (Å²) in [5.74, 6) is 2.01. The zero-order valence-corrected chi connectivity index (χ0v) is 13.0. The van der Waals surface area contributed by atoms with Crippen molar-refractivity contribution in [2.45, 2.75) is 31.8 Å². The van der Waals surface area contributed by atoms with E-state index in [0.717, 1.165) is 35.4 Å². The van der Waals surface area contributed by atoms with Gasteiger partial charge in [0.25, 0.3) is 0 Å². The number of halogens is 1. The summed E-state index contributed by atoms with van der Waals surface area (Å²) in [7, 11) is 0. The molecule has 0 bridgehead atoms. The van der Waals surface area contributed by atoms with Crippen molar-refractivity contribution in [3.8, 4) is 11.5 Å². The van der Waals surface area contributed by atoms with Crippen LogP contribution in [-0.4, -0.2) is 31.0 Å². The fourth-order valence-electron chi connectivity index (χ4n) is 3.04. The fourth-order valence-corrected chi connectivity index (χ4v) is 3.64. The summed E-state index contributed by atoms with van der Waals surface area (Å²) < 4.78 is 12.2. The number of aliphatic hydroxyl groups is 1. The van der Waals surface area contributed by atoms with E-state index >= 15 is 0 Å². The van der Waals surface area contributed by atoms with Gasteiger partial charge in [0.2, 0.25) is 0 Å². The van der Waals surface area contributed by atoms with Crippen LogP contribution in [0.3, 0.4) is 0 Å². The average molecular weight is 342 g/mol. The number of ether oxygens (including phenoxy) is 2. The highest BCUT2D eigenvalue weighted by Gasteiger charge is 2.26. The summed E-state index contributed by atoms with van der Waals surface area (Å²) in [6, 6.07) is 4.53. The highest BCUT2D eigenvalue weighted by atomic mass is 79.9. The SMILES string of the molecule is OCC1CCCC1NCc1cc(Br)c2c(c1)OCCO2. The fraction of sp³-hybridized carbons (Fsp3) is 0.600. The minimum atomic E-state index is 0.280. The first-order chi connectivity index (χ1) is 9.78. The predicted octanol–water partition coefficient (Wildman–Crippen LogP) is 2.47. The molecule has 1 saturated carbocycles. The molecule has 4 nitrogen and oxygen atoms in total. The van der Waals surface area contributed by atoms with Crippen LogP contribution in [0.25, 0.3) is 0 Å². The third-order valence-electron chi connectivity index (χ3n) is 4.12. The van der Waals surface area contributed by atoms with Gasteiger partial charge in [0.05, 0.1) is 4.47 Å². The van der Waals surface area contributed by atoms with Gasteiger partial charge in [-0.15, -0.1) is 0 Å². The smallest absolute Gasteiger partial charge is 0.175 e. The van der Waals surface area contributed by atoms with Crippen LogP contribution in [0.5, 0.6) is 11.5 Å². The van der Waals surface area contributed by atoms with E-state index in [2.05, 4.69) is 27.3 Å². The van der Waals surface area contributed by atoms with Crippen LogP contribution in [0, 0.1) is 5.92 Å². The summed E-state index contributed by atoms with van der Waals surface area (Å²) in [6.07, 6.45) is 3.48. The molecule has 1 aliphatic carbocycles. The number of benzene rings is 1. The Hall–Kier alpha value is -0.780. The first kappa shape index (κ1) is 14.2. The molecular weight excluding hydrogens is 322 g/mol. The van der Waals surface area contributed by atoms with Gasteiger partial charge in [-0.1, -0.05) is 6.42 Å². The third-order valence-corrected chi connectivity index (χ3v) is 4.71. The quantitative estimate of drug-likeness (QED) is 0.883. The van der Waals surface area contributed by atoms with Gasteiger partial charge < -0.3 is 19.9 Å². The molecule has 0 aromatic heterocycles. The lowest BCUT2D eigenvalue weighted by Crippen LogP contribution is -2.33. The van der Waals surface area contributed by atoms with Crippen molar-refractivity contribution in [2.24, 2.45) is 5.92 Å². The molecule has 0 saturated heterocycles. The van der Waals surface area contributed by atoms with Gasteiger partial charge in [0, 0.05) is 19.2 Å². The average Bonchev–Trinajstić information content (AvgIpc) is 2.93. The number of aliphatic hydroxyl groups excluding tert-OH is 1. The van der Waals surface area contributed by atoms with Gasteiger partial charge in [0.15, 0.2) is 11.5 Å². The van der Waals surface area contributed by atoms with E-state index in [4.69, 9.17) is 9.47 Å². The minimum Gasteiger partial charge on any atom is -0.486 e. The lowest BCUT2D eigenvalue weighted by Gasteiger charge is -2.22. The van der Waals surface area contributed by atoms with Crippen molar-refractivity contribution < 1.29 is 14.6 Å². The first-order valence-electron chi connectivity index (χ1n) is 7.20. The largest absolute Gasteiger partial charge is 0.486 e. The van der Waals surface area contributed by atoms with Gasteiger partial charge in [0.1, 0.15) is 13.2 Å². The molecular formula is C15H20BrNO3. The molecule has 110 valence electrons. The maximum Gasteiger partial charge on any atom is 0.175 e. The van der Waals surface area contributed by atoms with Crippen molar-refractivity contribution in [1.82, 2.24) is 5.32 Å². The zero-order valence-electron chi connectivity index (χ0n) is 11.4. The Morgan fingerprint density at radius 2 is 2.10 bits per heavy atom. The molecule has 1 heterocycles. The predicted molar refractivity (Wildman–Crippen MR) is 80.2 cm³/mol. The molecule has 5 heteroatoms. The molecule has 1 aromatic rings. The van der Waals surface area contributed by atoms with E-state index in [1.807, 2.05) is 6.07 Å². The second-order valence-electron chi connectivity index (χ2n) is 5.46. The normalized spacial score (nSPS) is 24.9. The Balaban J connectivity index is 1.67. The maximum atomic E-state index is 9.35. The molecule has 2 atom stereocenters. The van der Waals surface area contributed by atoms with Crippen LogP contribution in [0.15, 0.2) is 16.6 Å². The van der Waals surface area contributed by atoms with Crippen molar-refractivity contribution in [3.63, 3.8) is 0 Å². The molecule has 2 N–H and O–H groups in total. The van der Waals surface area contributed by atoms with Crippen molar-refractivity contribution in [1.29, 1.82) is 0 Å². The molecule has 2 aliphatic rings. The third kappa shape index (κ3) is 2.95. The molecule has 2 unspecified atom stereocenters. The highest BCUT2D eigenvalue weighted by Crippen LogP contribution is 2.38. The number of hydrogen-bond donors (Lipinski definition) is 2. The van der Waals surface area contributed by atoms with Gasteiger partial charge in [-0.05, 0) is 52.4 Å². The van der Waals surface area contributed by atoms with Crippen molar-refractivity contribution >= 4 is 15.9 Å². The number of rotatable bonds is 4. The zero-order chi connectivity index (χ0) is 13.9. The monoisotopic (exact) mass is 341 g/mol. The van der Waals surface area contributed by atoms with Crippen LogP contribution in [0.4, 0.5) is 0 Å². The molecule has 3 rings (SSSR count). The van der Waals surface area contributed by atoms with Gasteiger partial charge >= 0.3 is 0 Å². The van der Waals surface area contributed by atoms with E-state index in [1.165, 1.54) is 12.0 Å². The van der Waals surface area contributed by atoms with E-state index in [1.54, 1.807) is 0 Å². The molecule has 1 aromatic carbocycles. The Morgan fingerprint density at radius 1 is 1.25 bits per heavy atom. The summed E-state index contributed by atoms with van der Waals surface area (Å²) in [5.41, 5.74) is 1.17. The topological polar surface area (TPSA) is 50.7 Å². The van der Waals surface area contributed by atoms with Crippen LogP contribution in [0.2, 0.25) is 0 Å². The van der Waals surface area contributed by atoms with Crippen molar-refractivity contribution in [2.75, 3.05) is 19.8 Å². The van der Waals surface area contributed by atoms with Gasteiger partial charge in [-0.25, -0.2) is 0 Å². The Kier molecular flexibility index (Phi) is 4.48. The van der Waals surface area contributed by atoms with Crippen LogP contribution in [-0.2, 0) is 6.54 Å². The number of nitrogens with one attached hydrogen (secondary N) is 1. The Morgan fingerprint density at radius 3 is 2.95 bits per heavy atom. The molecule has 0 radical (unpaired) electrons. The lowest BCUT2D eigenvalue weighted by molar-refractivity contribution is 0.170. The van der Waals surface area contributed by atoms with Gasteiger partial charge in [-0.3, -0.25) is 0 Å². The maximum absolute atomic E-state index is 9.35. The second kappa shape index (κ2) is 6.33. The van der Waals surface area contributed by atoms with Gasteiger partial charge in [-0.2, -0.15) is 0 Å². The Labute approximate surface area is 127 Å². The minimum absolute atomic E-state index is 0.280. The van der Waals surface area contributed by atoms with E-state index in [-0.39, 0.29) is 6.61 Å². The summed E-state index contributed by atoms with van der Waals surface area (Å²) in [5, 5.41) is 12.9.